The molecule has 2 aromatic carbocycles. The minimum absolute atomic E-state index is 0.0640. The lowest BCUT2D eigenvalue weighted by atomic mass is 10.2. The average Bonchev–Trinajstić information content (AvgIpc) is 2.52. The molecule has 0 unspecified atom stereocenters. The SMILES string of the molecule is Cc1ccccc1N(CC(=O)Nc1cccc(S(C)(=O)=O)c1)S(C)(=O)=O. The lowest BCUT2D eigenvalue weighted by molar-refractivity contribution is -0.114. The number of benzene rings is 2. The number of rotatable bonds is 6. The summed E-state index contributed by atoms with van der Waals surface area (Å²) in [4.78, 5) is 12.4. The van der Waals surface area contributed by atoms with Gasteiger partial charge in [0.25, 0.3) is 0 Å². The topological polar surface area (TPSA) is 101 Å². The van der Waals surface area contributed by atoms with Crippen LogP contribution in [0.3, 0.4) is 0 Å². The van der Waals surface area contributed by atoms with Crippen molar-refractivity contribution in [1.82, 2.24) is 0 Å². The molecular weight excluding hydrogens is 376 g/mol. The van der Waals surface area contributed by atoms with Crippen molar-refractivity contribution in [3.63, 3.8) is 0 Å². The van der Waals surface area contributed by atoms with Gasteiger partial charge in [0.2, 0.25) is 15.9 Å². The molecule has 2 aromatic rings. The second-order valence-electron chi connectivity index (χ2n) is 5.90. The molecule has 0 fully saturated rings. The minimum Gasteiger partial charge on any atom is -0.324 e. The number of nitrogens with one attached hydrogen (secondary N) is 1. The molecule has 0 aliphatic rings. The number of carbonyl (C=O) groups excluding carboxylic acids is 1. The third kappa shape index (κ3) is 5.06. The van der Waals surface area contributed by atoms with Gasteiger partial charge in [-0.1, -0.05) is 24.3 Å². The zero-order valence-corrected chi connectivity index (χ0v) is 16.3. The van der Waals surface area contributed by atoms with Crippen molar-refractivity contribution in [2.45, 2.75) is 11.8 Å². The van der Waals surface area contributed by atoms with Gasteiger partial charge in [0, 0.05) is 11.9 Å². The molecule has 0 aliphatic carbocycles. The Morgan fingerprint density at radius 2 is 1.65 bits per heavy atom. The van der Waals surface area contributed by atoms with Crippen LogP contribution in [0, 0.1) is 6.92 Å². The molecule has 26 heavy (non-hydrogen) atoms. The molecule has 2 rings (SSSR count). The van der Waals surface area contributed by atoms with E-state index in [0.29, 0.717) is 11.3 Å². The Labute approximate surface area is 153 Å². The molecule has 0 aliphatic heterocycles. The molecule has 9 heteroatoms. The molecule has 0 atom stereocenters. The van der Waals surface area contributed by atoms with Crippen molar-refractivity contribution in [1.29, 1.82) is 0 Å². The Hall–Kier alpha value is -2.39. The Kier molecular flexibility index (Phi) is 5.72. The quantitative estimate of drug-likeness (QED) is 0.802. The fraction of sp³-hybridized carbons (Fsp3) is 0.235. The van der Waals surface area contributed by atoms with Crippen LogP contribution >= 0.6 is 0 Å². The van der Waals surface area contributed by atoms with Gasteiger partial charge < -0.3 is 5.32 Å². The molecule has 0 aromatic heterocycles. The van der Waals surface area contributed by atoms with Crippen LogP contribution < -0.4 is 9.62 Å². The van der Waals surface area contributed by atoms with Gasteiger partial charge in [-0.2, -0.15) is 0 Å². The van der Waals surface area contributed by atoms with Gasteiger partial charge in [-0.05, 0) is 36.8 Å². The van der Waals surface area contributed by atoms with Crippen molar-refractivity contribution in [3.05, 3.63) is 54.1 Å². The largest absolute Gasteiger partial charge is 0.324 e. The van der Waals surface area contributed by atoms with Gasteiger partial charge in [-0.25, -0.2) is 16.8 Å². The second kappa shape index (κ2) is 7.46. The van der Waals surface area contributed by atoms with E-state index >= 15 is 0 Å². The molecule has 0 saturated heterocycles. The summed E-state index contributed by atoms with van der Waals surface area (Å²) in [5, 5.41) is 2.54. The maximum Gasteiger partial charge on any atom is 0.245 e. The molecule has 1 amide bonds. The number of anilines is 2. The highest BCUT2D eigenvalue weighted by Crippen LogP contribution is 2.22. The van der Waals surface area contributed by atoms with E-state index in [2.05, 4.69) is 5.32 Å². The Balaban J connectivity index is 2.26. The number of para-hydroxylation sites is 1. The molecule has 0 saturated carbocycles. The summed E-state index contributed by atoms with van der Waals surface area (Å²) in [6.45, 7) is 1.33. The third-order valence-corrected chi connectivity index (χ3v) is 5.85. The molecule has 0 bridgehead atoms. The highest BCUT2D eigenvalue weighted by atomic mass is 32.2. The predicted octanol–water partition coefficient (Wildman–Crippen LogP) is 1.80. The molecule has 0 spiro atoms. The third-order valence-electron chi connectivity index (χ3n) is 3.62. The summed E-state index contributed by atoms with van der Waals surface area (Å²) in [6.07, 6.45) is 2.09. The summed E-state index contributed by atoms with van der Waals surface area (Å²) in [5.74, 6) is -0.579. The van der Waals surface area contributed by atoms with Crippen molar-refractivity contribution in [2.75, 3.05) is 28.7 Å². The zero-order valence-electron chi connectivity index (χ0n) is 14.6. The minimum atomic E-state index is -3.68. The fourth-order valence-electron chi connectivity index (χ4n) is 2.36. The van der Waals surface area contributed by atoms with E-state index in [0.717, 1.165) is 16.8 Å². The van der Waals surface area contributed by atoms with Crippen molar-refractivity contribution in [3.8, 4) is 0 Å². The van der Waals surface area contributed by atoms with Crippen LogP contribution in [0.15, 0.2) is 53.4 Å². The first-order chi connectivity index (χ1) is 12.0. The van der Waals surface area contributed by atoms with E-state index in [1.54, 1.807) is 31.2 Å². The Bertz CT molecular complexity index is 1030. The summed E-state index contributed by atoms with van der Waals surface area (Å²) >= 11 is 0. The smallest absolute Gasteiger partial charge is 0.245 e. The normalized spacial score (nSPS) is 11.8. The number of sulfone groups is 1. The lowest BCUT2D eigenvalue weighted by Crippen LogP contribution is -2.37. The van der Waals surface area contributed by atoms with E-state index in [9.17, 15) is 21.6 Å². The maximum absolute atomic E-state index is 12.3. The highest BCUT2D eigenvalue weighted by molar-refractivity contribution is 7.92. The van der Waals surface area contributed by atoms with Crippen molar-refractivity contribution >= 4 is 37.1 Å². The number of aryl methyl sites for hydroxylation is 1. The van der Waals surface area contributed by atoms with E-state index in [1.165, 1.54) is 24.3 Å². The van der Waals surface area contributed by atoms with Crippen LogP contribution in [0.4, 0.5) is 11.4 Å². The van der Waals surface area contributed by atoms with Crippen LogP contribution in [0.5, 0.6) is 0 Å². The number of nitrogens with zero attached hydrogens (tertiary/aromatic N) is 1. The summed E-state index contributed by atoms with van der Waals surface area (Å²) in [6, 6.07) is 12.6. The van der Waals surface area contributed by atoms with Crippen LogP contribution in [-0.2, 0) is 24.7 Å². The van der Waals surface area contributed by atoms with Crippen molar-refractivity contribution < 1.29 is 21.6 Å². The monoisotopic (exact) mass is 396 g/mol. The number of sulfonamides is 1. The van der Waals surface area contributed by atoms with Gasteiger partial charge in [-0.3, -0.25) is 9.10 Å². The second-order valence-corrected chi connectivity index (χ2v) is 9.83. The van der Waals surface area contributed by atoms with Gasteiger partial charge in [0.05, 0.1) is 16.8 Å². The summed E-state index contributed by atoms with van der Waals surface area (Å²) < 4.78 is 48.5. The number of amides is 1. The van der Waals surface area contributed by atoms with Crippen LogP contribution in [0.1, 0.15) is 5.56 Å². The Morgan fingerprint density at radius 1 is 1.00 bits per heavy atom. The van der Waals surface area contributed by atoms with Gasteiger partial charge in [0.15, 0.2) is 9.84 Å². The molecule has 1 N–H and O–H groups in total. The first-order valence-electron chi connectivity index (χ1n) is 7.62. The van der Waals surface area contributed by atoms with Crippen molar-refractivity contribution in [2.24, 2.45) is 0 Å². The summed E-state index contributed by atoms with van der Waals surface area (Å²) in [5.41, 5.74) is 1.40. The average molecular weight is 396 g/mol. The zero-order chi connectivity index (χ0) is 19.5. The number of carbonyl (C=O) groups is 1. The van der Waals surface area contributed by atoms with Crippen LogP contribution in [-0.4, -0.2) is 41.8 Å². The first-order valence-corrected chi connectivity index (χ1v) is 11.4. The molecular formula is C17H20N2O5S2. The van der Waals surface area contributed by atoms with E-state index in [-0.39, 0.29) is 10.6 Å². The fourth-order valence-corrected chi connectivity index (χ4v) is 3.94. The molecule has 0 heterocycles. The predicted molar refractivity (Wildman–Crippen MR) is 102 cm³/mol. The lowest BCUT2D eigenvalue weighted by Gasteiger charge is -2.23. The van der Waals surface area contributed by atoms with E-state index in [1.807, 2.05) is 0 Å². The maximum atomic E-state index is 12.3. The summed E-state index contributed by atoms with van der Waals surface area (Å²) in [7, 11) is -7.10. The number of hydrogen-bond donors (Lipinski definition) is 1. The van der Waals surface area contributed by atoms with E-state index < -0.39 is 32.3 Å². The highest BCUT2D eigenvalue weighted by Gasteiger charge is 2.22. The Morgan fingerprint density at radius 3 is 2.23 bits per heavy atom. The standard InChI is InChI=1S/C17H20N2O5S2/c1-13-7-4-5-10-16(13)19(26(3,23)24)12-17(20)18-14-8-6-9-15(11-14)25(2,21)22/h4-11H,12H2,1-3H3,(H,18,20). The van der Waals surface area contributed by atoms with Crippen LogP contribution in [0.2, 0.25) is 0 Å². The number of hydrogen-bond acceptors (Lipinski definition) is 5. The molecule has 140 valence electrons. The molecule has 7 nitrogen and oxygen atoms in total. The molecule has 0 radical (unpaired) electrons. The van der Waals surface area contributed by atoms with E-state index in [4.69, 9.17) is 0 Å². The van der Waals surface area contributed by atoms with Crippen LogP contribution in [0.25, 0.3) is 0 Å². The first kappa shape index (κ1) is 19.9. The van der Waals surface area contributed by atoms with Gasteiger partial charge in [-0.15, -0.1) is 0 Å². The van der Waals surface area contributed by atoms with Gasteiger partial charge in [0.1, 0.15) is 6.54 Å². The van der Waals surface area contributed by atoms with Gasteiger partial charge >= 0.3 is 0 Å².